The van der Waals surface area contributed by atoms with Gasteiger partial charge in [-0.1, -0.05) is 24.8 Å². The summed E-state index contributed by atoms with van der Waals surface area (Å²) in [6.07, 6.45) is 2.44. The van der Waals surface area contributed by atoms with E-state index in [1.165, 1.54) is 30.5 Å². The molecule has 1 aliphatic heterocycles. The number of hydrogen-bond donors (Lipinski definition) is 0. The van der Waals surface area contributed by atoms with Gasteiger partial charge in [0, 0.05) is 18.7 Å². The molecule has 1 amide bonds. The fourth-order valence-electron chi connectivity index (χ4n) is 2.93. The standard InChI is InChI=1S/C19H20N2O7/c1-4-13-11-19(17(23)27-5-2,18(24)28-6-3)20(12-13)16(22)14-9-7-8-10-15(14)21(25)26/h4,7-10,12H,1,5-6,11H2,2-3H3. The Morgan fingerprint density at radius 2 is 1.79 bits per heavy atom. The fraction of sp³-hybridized carbons (Fsp3) is 0.316. The number of nitro groups is 1. The van der Waals surface area contributed by atoms with Crippen molar-refractivity contribution >= 4 is 23.5 Å². The number of esters is 2. The summed E-state index contributed by atoms with van der Waals surface area (Å²) in [7, 11) is 0. The van der Waals surface area contributed by atoms with Crippen LogP contribution in [0.1, 0.15) is 30.6 Å². The molecule has 148 valence electrons. The lowest BCUT2D eigenvalue weighted by Gasteiger charge is -2.33. The summed E-state index contributed by atoms with van der Waals surface area (Å²) in [6.45, 7) is 6.67. The van der Waals surface area contributed by atoms with Crippen LogP contribution in [0.25, 0.3) is 0 Å². The topological polar surface area (TPSA) is 116 Å². The van der Waals surface area contributed by atoms with E-state index in [4.69, 9.17) is 9.47 Å². The molecule has 0 radical (unpaired) electrons. The molecule has 0 fully saturated rings. The van der Waals surface area contributed by atoms with Crippen molar-refractivity contribution < 1.29 is 28.8 Å². The Morgan fingerprint density at radius 3 is 2.29 bits per heavy atom. The van der Waals surface area contributed by atoms with Crippen molar-refractivity contribution in [2.45, 2.75) is 25.8 Å². The van der Waals surface area contributed by atoms with Gasteiger partial charge in [0.1, 0.15) is 5.56 Å². The third kappa shape index (κ3) is 3.51. The number of carbonyl (C=O) groups excluding carboxylic acids is 3. The maximum atomic E-state index is 13.2. The molecule has 0 bridgehead atoms. The van der Waals surface area contributed by atoms with E-state index < -0.39 is 34.0 Å². The summed E-state index contributed by atoms with van der Waals surface area (Å²) in [5, 5.41) is 11.3. The largest absolute Gasteiger partial charge is 0.464 e. The zero-order valence-electron chi connectivity index (χ0n) is 15.5. The Hall–Kier alpha value is -3.49. The quantitative estimate of drug-likeness (QED) is 0.305. The molecule has 1 aromatic rings. The lowest BCUT2D eigenvalue weighted by atomic mass is 9.92. The van der Waals surface area contributed by atoms with Crippen LogP contribution >= 0.6 is 0 Å². The molecule has 0 spiro atoms. The van der Waals surface area contributed by atoms with E-state index in [-0.39, 0.29) is 25.2 Å². The van der Waals surface area contributed by atoms with Gasteiger partial charge in [-0.2, -0.15) is 0 Å². The van der Waals surface area contributed by atoms with Crippen LogP contribution in [-0.2, 0) is 19.1 Å². The molecular formula is C19H20N2O7. The lowest BCUT2D eigenvalue weighted by Crippen LogP contribution is -2.59. The number of benzene rings is 1. The Morgan fingerprint density at radius 1 is 1.21 bits per heavy atom. The average Bonchev–Trinajstić information content (AvgIpc) is 3.09. The van der Waals surface area contributed by atoms with E-state index in [2.05, 4.69) is 6.58 Å². The van der Waals surface area contributed by atoms with Crippen molar-refractivity contribution in [2.75, 3.05) is 13.2 Å². The first-order valence-electron chi connectivity index (χ1n) is 8.58. The number of allylic oxidation sites excluding steroid dienone is 1. The van der Waals surface area contributed by atoms with Gasteiger partial charge in [-0.3, -0.25) is 19.8 Å². The summed E-state index contributed by atoms with van der Waals surface area (Å²) < 4.78 is 10.1. The van der Waals surface area contributed by atoms with Crippen LogP contribution in [0, 0.1) is 10.1 Å². The number of nitrogens with zero attached hydrogens (tertiary/aromatic N) is 2. The van der Waals surface area contributed by atoms with E-state index in [9.17, 15) is 24.5 Å². The Labute approximate surface area is 161 Å². The second-order valence-electron chi connectivity index (χ2n) is 5.84. The zero-order chi connectivity index (χ0) is 20.9. The van der Waals surface area contributed by atoms with Gasteiger partial charge in [0.25, 0.3) is 11.6 Å². The molecule has 0 saturated heterocycles. The van der Waals surface area contributed by atoms with Crippen LogP contribution in [0.5, 0.6) is 0 Å². The monoisotopic (exact) mass is 388 g/mol. The molecule has 1 aliphatic rings. The van der Waals surface area contributed by atoms with E-state index in [1.54, 1.807) is 13.8 Å². The molecule has 28 heavy (non-hydrogen) atoms. The molecule has 0 aromatic heterocycles. The third-order valence-corrected chi connectivity index (χ3v) is 4.20. The molecule has 9 heteroatoms. The van der Waals surface area contributed by atoms with Crippen LogP contribution in [0.4, 0.5) is 5.69 Å². The van der Waals surface area contributed by atoms with E-state index in [1.807, 2.05) is 0 Å². The second kappa shape index (κ2) is 8.47. The average molecular weight is 388 g/mol. The summed E-state index contributed by atoms with van der Waals surface area (Å²) in [5.74, 6) is -2.85. The Bertz CT molecular complexity index is 842. The molecular weight excluding hydrogens is 368 g/mol. The first-order chi connectivity index (χ1) is 13.3. The van der Waals surface area contributed by atoms with Crippen molar-refractivity contribution in [2.24, 2.45) is 0 Å². The highest BCUT2D eigenvalue weighted by molar-refractivity contribution is 6.12. The van der Waals surface area contributed by atoms with E-state index in [0.29, 0.717) is 5.57 Å². The highest BCUT2D eigenvalue weighted by atomic mass is 16.6. The van der Waals surface area contributed by atoms with E-state index >= 15 is 0 Å². The minimum Gasteiger partial charge on any atom is -0.464 e. The number of carbonyl (C=O) groups is 3. The summed E-state index contributed by atoms with van der Waals surface area (Å²) >= 11 is 0. The van der Waals surface area contributed by atoms with Crippen molar-refractivity contribution in [1.29, 1.82) is 0 Å². The van der Waals surface area contributed by atoms with Crippen molar-refractivity contribution in [3.8, 4) is 0 Å². The predicted octanol–water partition coefficient (Wildman–Crippen LogP) is 2.38. The van der Waals surface area contributed by atoms with Crippen LogP contribution in [0.3, 0.4) is 0 Å². The Kier molecular flexibility index (Phi) is 6.29. The molecule has 0 atom stereocenters. The highest BCUT2D eigenvalue weighted by Gasteiger charge is 2.59. The molecule has 1 aromatic carbocycles. The summed E-state index contributed by atoms with van der Waals surface area (Å²) in [6, 6.07) is 5.28. The summed E-state index contributed by atoms with van der Waals surface area (Å²) in [5.41, 5.74) is -2.43. The molecule has 0 unspecified atom stereocenters. The zero-order valence-corrected chi connectivity index (χ0v) is 15.5. The number of hydrogen-bond acceptors (Lipinski definition) is 7. The van der Waals surface area contributed by atoms with Gasteiger partial charge in [0.05, 0.1) is 18.1 Å². The van der Waals surface area contributed by atoms with Gasteiger partial charge in [-0.25, -0.2) is 9.59 Å². The second-order valence-corrected chi connectivity index (χ2v) is 5.84. The van der Waals surface area contributed by atoms with E-state index in [0.717, 1.165) is 11.0 Å². The maximum absolute atomic E-state index is 13.2. The first-order valence-corrected chi connectivity index (χ1v) is 8.58. The number of rotatable bonds is 7. The summed E-state index contributed by atoms with van der Waals surface area (Å²) in [4.78, 5) is 50.2. The highest BCUT2D eigenvalue weighted by Crippen LogP contribution is 2.37. The number of para-hydroxylation sites is 1. The number of amides is 1. The van der Waals surface area contributed by atoms with Crippen molar-refractivity contribution in [1.82, 2.24) is 4.90 Å². The van der Waals surface area contributed by atoms with Gasteiger partial charge in [-0.05, 0) is 25.5 Å². The molecule has 2 rings (SSSR count). The molecule has 1 heterocycles. The number of ether oxygens (including phenoxy) is 2. The van der Waals surface area contributed by atoms with Gasteiger partial charge in [-0.15, -0.1) is 0 Å². The van der Waals surface area contributed by atoms with Gasteiger partial charge < -0.3 is 9.47 Å². The Balaban J connectivity index is 2.65. The van der Waals surface area contributed by atoms with Gasteiger partial charge in [0.2, 0.25) is 5.54 Å². The van der Waals surface area contributed by atoms with Gasteiger partial charge >= 0.3 is 11.9 Å². The molecule has 0 aliphatic carbocycles. The van der Waals surface area contributed by atoms with Crippen LogP contribution < -0.4 is 0 Å². The van der Waals surface area contributed by atoms with Crippen molar-refractivity contribution in [3.05, 3.63) is 64.4 Å². The SMILES string of the molecule is C=CC1=CN(C(=O)c2ccccc2[N+](=O)[O-])C(C(=O)OCC)(C(=O)OCC)C1. The normalized spacial score (nSPS) is 14.8. The van der Waals surface area contributed by atoms with Crippen LogP contribution in [-0.4, -0.2) is 46.4 Å². The number of nitro benzene ring substituents is 1. The lowest BCUT2D eigenvalue weighted by molar-refractivity contribution is -0.385. The molecule has 0 saturated carbocycles. The van der Waals surface area contributed by atoms with Crippen molar-refractivity contribution in [3.63, 3.8) is 0 Å². The third-order valence-electron chi connectivity index (χ3n) is 4.20. The smallest absolute Gasteiger partial charge is 0.344 e. The van der Waals surface area contributed by atoms with Crippen LogP contribution in [0.2, 0.25) is 0 Å². The first kappa shape index (κ1) is 20.8. The predicted molar refractivity (Wildman–Crippen MR) is 98.2 cm³/mol. The minimum atomic E-state index is -2.11. The molecule has 9 nitrogen and oxygen atoms in total. The fourth-order valence-corrected chi connectivity index (χ4v) is 2.93. The van der Waals surface area contributed by atoms with Gasteiger partial charge in [0.15, 0.2) is 0 Å². The molecule has 0 N–H and O–H groups in total. The maximum Gasteiger partial charge on any atom is 0.344 e. The minimum absolute atomic E-state index is 0.0308. The van der Waals surface area contributed by atoms with Crippen LogP contribution in [0.15, 0.2) is 48.7 Å².